The molecule has 0 aliphatic heterocycles. The molecule has 21 heavy (non-hydrogen) atoms. The number of ether oxygens (including phenoxy) is 2. The summed E-state index contributed by atoms with van der Waals surface area (Å²) in [5, 5.41) is 9.57. The van der Waals surface area contributed by atoms with Gasteiger partial charge in [0, 0.05) is 5.02 Å². The first-order valence-electron chi connectivity index (χ1n) is 6.77. The van der Waals surface area contributed by atoms with Gasteiger partial charge in [0.15, 0.2) is 0 Å². The number of hydrogen-bond acceptors (Lipinski definition) is 3. The summed E-state index contributed by atoms with van der Waals surface area (Å²) in [6, 6.07) is 14.8. The van der Waals surface area contributed by atoms with E-state index in [0.29, 0.717) is 24.5 Å². The van der Waals surface area contributed by atoms with Gasteiger partial charge in [-0.05, 0) is 48.4 Å². The van der Waals surface area contributed by atoms with Crippen molar-refractivity contribution in [3.63, 3.8) is 0 Å². The van der Waals surface area contributed by atoms with E-state index < -0.39 is 0 Å². The van der Waals surface area contributed by atoms with Gasteiger partial charge in [0.05, 0.1) is 11.6 Å². The summed E-state index contributed by atoms with van der Waals surface area (Å²) < 4.78 is 11.2. The van der Waals surface area contributed by atoms with Gasteiger partial charge in [0.1, 0.15) is 24.7 Å². The monoisotopic (exact) mass is 301 g/mol. The Balaban J connectivity index is 1.83. The largest absolute Gasteiger partial charge is 0.490 e. The fourth-order valence-electron chi connectivity index (χ4n) is 1.89. The Hall–Kier alpha value is -2.18. The molecule has 2 rings (SSSR count). The second-order valence-corrected chi connectivity index (χ2v) is 4.85. The van der Waals surface area contributed by atoms with Crippen LogP contribution in [0.5, 0.6) is 11.5 Å². The fourth-order valence-corrected chi connectivity index (χ4v) is 2.14. The molecule has 2 aromatic rings. The minimum Gasteiger partial charge on any atom is -0.490 e. The highest BCUT2D eigenvalue weighted by atomic mass is 35.5. The summed E-state index contributed by atoms with van der Waals surface area (Å²) in [6.45, 7) is 2.90. The zero-order valence-corrected chi connectivity index (χ0v) is 12.6. The first-order chi connectivity index (χ1) is 10.2. The van der Waals surface area contributed by atoms with Crippen molar-refractivity contribution >= 4 is 11.6 Å². The van der Waals surface area contributed by atoms with Crippen LogP contribution in [0, 0.1) is 11.3 Å². The van der Waals surface area contributed by atoms with E-state index in [1.54, 1.807) is 18.2 Å². The molecule has 0 saturated carbocycles. The zero-order chi connectivity index (χ0) is 15.1. The molecule has 0 aromatic heterocycles. The Kier molecular flexibility index (Phi) is 5.48. The lowest BCUT2D eigenvalue weighted by atomic mass is 10.1. The lowest BCUT2D eigenvalue weighted by Crippen LogP contribution is -2.09. The standard InChI is InChI=1S/C17H16ClNO2/c1-2-14-11-16(6-7-17(14)18)21-9-8-20-15-5-3-4-13(10-15)12-19/h3-7,10-11H,2,8-9H2,1H3. The number of aryl methyl sites for hydroxylation is 1. The lowest BCUT2D eigenvalue weighted by Gasteiger charge is -2.10. The molecule has 4 heteroatoms. The molecule has 0 amide bonds. The van der Waals surface area contributed by atoms with Gasteiger partial charge in [-0.2, -0.15) is 5.26 Å². The molecule has 2 aromatic carbocycles. The van der Waals surface area contributed by atoms with Crippen LogP contribution >= 0.6 is 11.6 Å². The molecule has 0 unspecified atom stereocenters. The van der Waals surface area contributed by atoms with Gasteiger partial charge in [0.25, 0.3) is 0 Å². The maximum Gasteiger partial charge on any atom is 0.122 e. The summed E-state index contributed by atoms with van der Waals surface area (Å²) in [4.78, 5) is 0. The molecule has 0 aliphatic carbocycles. The topological polar surface area (TPSA) is 42.2 Å². The number of nitrogens with zero attached hydrogens (tertiary/aromatic N) is 1. The molecule has 0 aliphatic rings. The molecule has 0 bridgehead atoms. The van der Waals surface area contributed by atoms with Crippen molar-refractivity contribution in [3.05, 3.63) is 58.6 Å². The number of hydrogen-bond donors (Lipinski definition) is 0. The third-order valence-corrected chi connectivity index (χ3v) is 3.35. The van der Waals surface area contributed by atoms with Gasteiger partial charge in [-0.15, -0.1) is 0 Å². The predicted molar refractivity (Wildman–Crippen MR) is 83.0 cm³/mol. The van der Waals surface area contributed by atoms with Crippen LogP contribution in [-0.2, 0) is 6.42 Å². The van der Waals surface area contributed by atoms with Crippen molar-refractivity contribution in [2.24, 2.45) is 0 Å². The normalized spacial score (nSPS) is 9.95. The highest BCUT2D eigenvalue weighted by molar-refractivity contribution is 6.31. The molecular formula is C17H16ClNO2. The van der Waals surface area contributed by atoms with Crippen LogP contribution in [0.4, 0.5) is 0 Å². The molecule has 0 N–H and O–H groups in total. The summed E-state index contributed by atoms with van der Waals surface area (Å²) >= 11 is 6.06. The Morgan fingerprint density at radius 3 is 2.43 bits per heavy atom. The quantitative estimate of drug-likeness (QED) is 0.750. The summed E-state index contributed by atoms with van der Waals surface area (Å²) in [5.74, 6) is 1.45. The third kappa shape index (κ3) is 4.40. The molecule has 0 spiro atoms. The van der Waals surface area contributed by atoms with Crippen molar-refractivity contribution < 1.29 is 9.47 Å². The van der Waals surface area contributed by atoms with E-state index in [4.69, 9.17) is 26.3 Å². The average Bonchev–Trinajstić information content (AvgIpc) is 2.53. The van der Waals surface area contributed by atoms with E-state index in [-0.39, 0.29) is 0 Å². The maximum atomic E-state index is 8.81. The van der Waals surface area contributed by atoms with Crippen LogP contribution in [0.15, 0.2) is 42.5 Å². The minimum absolute atomic E-state index is 0.416. The fraction of sp³-hybridized carbons (Fsp3) is 0.235. The first kappa shape index (κ1) is 15.2. The van der Waals surface area contributed by atoms with Crippen molar-refractivity contribution in [2.75, 3.05) is 13.2 Å². The minimum atomic E-state index is 0.416. The Morgan fingerprint density at radius 1 is 1.05 bits per heavy atom. The summed E-state index contributed by atoms with van der Waals surface area (Å²) in [5.41, 5.74) is 1.65. The van der Waals surface area contributed by atoms with E-state index in [1.165, 1.54) is 0 Å². The van der Waals surface area contributed by atoms with E-state index in [2.05, 4.69) is 13.0 Å². The van der Waals surface area contributed by atoms with Gasteiger partial charge in [0.2, 0.25) is 0 Å². The highest BCUT2D eigenvalue weighted by Crippen LogP contribution is 2.22. The second kappa shape index (κ2) is 7.56. The Labute approximate surface area is 129 Å². The van der Waals surface area contributed by atoms with Gasteiger partial charge in [-0.25, -0.2) is 0 Å². The van der Waals surface area contributed by atoms with Crippen LogP contribution in [0.2, 0.25) is 5.02 Å². The van der Waals surface area contributed by atoms with Gasteiger partial charge in [-0.1, -0.05) is 24.6 Å². The van der Waals surface area contributed by atoms with Crippen LogP contribution in [0.1, 0.15) is 18.1 Å². The van der Waals surface area contributed by atoms with E-state index in [0.717, 1.165) is 22.8 Å². The Morgan fingerprint density at radius 2 is 1.76 bits per heavy atom. The second-order valence-electron chi connectivity index (χ2n) is 4.44. The smallest absolute Gasteiger partial charge is 0.122 e. The van der Waals surface area contributed by atoms with Gasteiger partial charge < -0.3 is 9.47 Å². The highest BCUT2D eigenvalue weighted by Gasteiger charge is 2.01. The SMILES string of the molecule is CCc1cc(OCCOc2cccc(C#N)c2)ccc1Cl. The molecule has 0 heterocycles. The summed E-state index contributed by atoms with van der Waals surface area (Å²) in [6.07, 6.45) is 0.869. The van der Waals surface area contributed by atoms with Crippen molar-refractivity contribution in [2.45, 2.75) is 13.3 Å². The maximum absolute atomic E-state index is 8.81. The lowest BCUT2D eigenvalue weighted by molar-refractivity contribution is 0.217. The number of halogens is 1. The van der Waals surface area contributed by atoms with Crippen LogP contribution in [-0.4, -0.2) is 13.2 Å². The van der Waals surface area contributed by atoms with Crippen LogP contribution in [0.25, 0.3) is 0 Å². The molecule has 108 valence electrons. The zero-order valence-electron chi connectivity index (χ0n) is 11.8. The van der Waals surface area contributed by atoms with E-state index in [9.17, 15) is 0 Å². The molecule has 0 saturated heterocycles. The number of nitriles is 1. The Bertz CT molecular complexity index is 649. The number of rotatable bonds is 6. The van der Waals surface area contributed by atoms with E-state index >= 15 is 0 Å². The molecule has 0 atom stereocenters. The van der Waals surface area contributed by atoms with Crippen LogP contribution in [0.3, 0.4) is 0 Å². The molecule has 3 nitrogen and oxygen atoms in total. The molecule has 0 radical (unpaired) electrons. The van der Waals surface area contributed by atoms with Gasteiger partial charge >= 0.3 is 0 Å². The van der Waals surface area contributed by atoms with Gasteiger partial charge in [-0.3, -0.25) is 0 Å². The van der Waals surface area contributed by atoms with E-state index in [1.807, 2.05) is 24.3 Å². The third-order valence-electron chi connectivity index (χ3n) is 2.98. The average molecular weight is 302 g/mol. The predicted octanol–water partition coefficient (Wildman–Crippen LogP) is 4.23. The van der Waals surface area contributed by atoms with Crippen LogP contribution < -0.4 is 9.47 Å². The van der Waals surface area contributed by atoms with Crippen molar-refractivity contribution in [3.8, 4) is 17.6 Å². The van der Waals surface area contributed by atoms with Crippen molar-refractivity contribution in [1.29, 1.82) is 5.26 Å². The first-order valence-corrected chi connectivity index (χ1v) is 7.15. The van der Waals surface area contributed by atoms with Crippen molar-refractivity contribution in [1.82, 2.24) is 0 Å². The molecular weight excluding hydrogens is 286 g/mol. The number of benzene rings is 2. The molecule has 0 fully saturated rings. The summed E-state index contributed by atoms with van der Waals surface area (Å²) in [7, 11) is 0.